The Morgan fingerprint density at radius 1 is 1.00 bits per heavy atom. The Balaban J connectivity index is 2.15. The van der Waals surface area contributed by atoms with E-state index in [1.54, 1.807) is 6.07 Å². The number of imidazole rings is 1. The van der Waals surface area contributed by atoms with E-state index >= 15 is 0 Å². The molecule has 20 heavy (non-hydrogen) atoms. The van der Waals surface area contributed by atoms with Gasteiger partial charge in [0.05, 0.1) is 21.1 Å². The summed E-state index contributed by atoms with van der Waals surface area (Å²) in [7, 11) is 0. The summed E-state index contributed by atoms with van der Waals surface area (Å²) in [5.41, 5.74) is 2.73. The Morgan fingerprint density at radius 3 is 2.35 bits per heavy atom. The fourth-order valence-electron chi connectivity index (χ4n) is 2.29. The lowest BCUT2D eigenvalue weighted by atomic mass is 9.84. The first kappa shape index (κ1) is 13.5. The zero-order valence-electron chi connectivity index (χ0n) is 11.2. The number of aromatic amines is 1. The van der Waals surface area contributed by atoms with Crippen molar-refractivity contribution in [3.8, 4) is 0 Å². The molecule has 1 heterocycles. The molecule has 0 aliphatic heterocycles. The van der Waals surface area contributed by atoms with Crippen LogP contribution >= 0.6 is 23.2 Å². The number of nitrogens with zero attached hydrogens (tertiary/aromatic N) is 1. The highest BCUT2D eigenvalue weighted by molar-refractivity contribution is 6.42. The normalized spacial score (nSPS) is 12.0. The number of nitrogens with one attached hydrogen (secondary N) is 1. The third-order valence-electron chi connectivity index (χ3n) is 3.61. The van der Waals surface area contributed by atoms with Crippen molar-refractivity contribution in [2.75, 3.05) is 0 Å². The summed E-state index contributed by atoms with van der Waals surface area (Å²) in [6, 6.07) is 13.9. The molecule has 1 aromatic heterocycles. The van der Waals surface area contributed by atoms with Crippen LogP contribution in [0.15, 0.2) is 42.5 Å². The van der Waals surface area contributed by atoms with Crippen LogP contribution in [0, 0.1) is 0 Å². The van der Waals surface area contributed by atoms with Crippen LogP contribution in [-0.4, -0.2) is 9.97 Å². The van der Waals surface area contributed by atoms with E-state index in [0.717, 1.165) is 16.9 Å². The molecule has 0 saturated heterocycles. The van der Waals surface area contributed by atoms with Crippen LogP contribution in [0.5, 0.6) is 0 Å². The summed E-state index contributed by atoms with van der Waals surface area (Å²) in [4.78, 5) is 8.01. The third-order valence-corrected chi connectivity index (χ3v) is 4.33. The monoisotopic (exact) mass is 304 g/mol. The van der Waals surface area contributed by atoms with Crippen LogP contribution in [0.4, 0.5) is 0 Å². The van der Waals surface area contributed by atoms with Gasteiger partial charge in [0.2, 0.25) is 0 Å². The highest BCUT2D eigenvalue weighted by Gasteiger charge is 2.26. The molecule has 0 fully saturated rings. The molecule has 4 heteroatoms. The summed E-state index contributed by atoms with van der Waals surface area (Å²) < 4.78 is 0. The van der Waals surface area contributed by atoms with Gasteiger partial charge in [-0.05, 0) is 31.5 Å². The van der Waals surface area contributed by atoms with Crippen LogP contribution in [0.2, 0.25) is 10.0 Å². The number of hydrogen-bond acceptors (Lipinski definition) is 1. The molecule has 2 nitrogen and oxygen atoms in total. The topological polar surface area (TPSA) is 28.7 Å². The lowest BCUT2D eigenvalue weighted by molar-refractivity contribution is 0.601. The molecule has 102 valence electrons. The van der Waals surface area contributed by atoms with Gasteiger partial charge >= 0.3 is 0 Å². The number of hydrogen-bond donors (Lipinski definition) is 1. The Bertz CT molecular complexity index is 722. The Labute approximate surface area is 127 Å². The molecular weight excluding hydrogens is 291 g/mol. The Morgan fingerprint density at radius 2 is 1.65 bits per heavy atom. The smallest absolute Gasteiger partial charge is 0.117 e. The van der Waals surface area contributed by atoms with Crippen molar-refractivity contribution in [2.45, 2.75) is 19.3 Å². The van der Waals surface area contributed by atoms with Crippen molar-refractivity contribution in [3.63, 3.8) is 0 Å². The molecule has 0 unspecified atom stereocenters. The van der Waals surface area contributed by atoms with E-state index in [-0.39, 0.29) is 5.41 Å². The predicted octanol–water partition coefficient (Wildman–Crippen LogP) is 5.20. The SMILES string of the molecule is CC(C)(c1ccccc1)c1nc2cc(Cl)c(Cl)cc2[nH]1. The summed E-state index contributed by atoms with van der Waals surface area (Å²) in [5, 5.41) is 1.06. The maximum absolute atomic E-state index is 6.05. The fourth-order valence-corrected chi connectivity index (χ4v) is 2.61. The molecule has 0 atom stereocenters. The molecule has 3 rings (SSSR count). The maximum Gasteiger partial charge on any atom is 0.117 e. The lowest BCUT2D eigenvalue weighted by Crippen LogP contribution is -2.20. The summed E-state index contributed by atoms with van der Waals surface area (Å²) >= 11 is 12.1. The highest BCUT2D eigenvalue weighted by Crippen LogP contribution is 2.33. The van der Waals surface area contributed by atoms with Crippen molar-refractivity contribution in [3.05, 3.63) is 63.9 Å². The zero-order valence-corrected chi connectivity index (χ0v) is 12.8. The first-order valence-electron chi connectivity index (χ1n) is 6.39. The maximum atomic E-state index is 6.05. The average Bonchev–Trinajstić information content (AvgIpc) is 2.84. The van der Waals surface area contributed by atoms with Crippen LogP contribution in [0.25, 0.3) is 11.0 Å². The molecule has 0 amide bonds. The molecule has 0 bridgehead atoms. The second-order valence-electron chi connectivity index (χ2n) is 5.36. The molecule has 0 aliphatic rings. The molecule has 0 saturated carbocycles. The van der Waals surface area contributed by atoms with E-state index in [1.807, 2.05) is 24.3 Å². The van der Waals surface area contributed by atoms with Gasteiger partial charge in [0, 0.05) is 5.41 Å². The van der Waals surface area contributed by atoms with Gasteiger partial charge in [0.1, 0.15) is 5.82 Å². The van der Waals surface area contributed by atoms with Gasteiger partial charge in [0.25, 0.3) is 0 Å². The average molecular weight is 305 g/mol. The quantitative estimate of drug-likeness (QED) is 0.693. The predicted molar refractivity (Wildman–Crippen MR) is 84.7 cm³/mol. The Kier molecular flexibility index (Phi) is 3.23. The molecule has 0 spiro atoms. The van der Waals surface area contributed by atoms with Crippen molar-refractivity contribution in [1.29, 1.82) is 0 Å². The number of rotatable bonds is 2. The number of H-pyrrole nitrogens is 1. The minimum absolute atomic E-state index is 0.209. The van der Waals surface area contributed by atoms with E-state index in [4.69, 9.17) is 23.2 Å². The first-order chi connectivity index (χ1) is 9.48. The number of benzene rings is 2. The van der Waals surface area contributed by atoms with E-state index in [0.29, 0.717) is 10.0 Å². The standard InChI is InChI=1S/C16H14Cl2N2/c1-16(2,10-6-4-3-5-7-10)15-19-13-8-11(17)12(18)9-14(13)20-15/h3-9H,1-2H3,(H,19,20). The van der Waals surface area contributed by atoms with Gasteiger partial charge in [-0.1, -0.05) is 53.5 Å². The number of fused-ring (bicyclic) bond motifs is 1. The molecule has 0 aliphatic carbocycles. The van der Waals surface area contributed by atoms with E-state index in [2.05, 4.69) is 35.9 Å². The van der Waals surface area contributed by atoms with Gasteiger partial charge in [-0.15, -0.1) is 0 Å². The van der Waals surface area contributed by atoms with Crippen molar-refractivity contribution in [2.24, 2.45) is 0 Å². The van der Waals surface area contributed by atoms with E-state index < -0.39 is 0 Å². The Hall–Kier alpha value is -1.51. The van der Waals surface area contributed by atoms with E-state index in [1.165, 1.54) is 5.56 Å². The molecule has 2 aromatic carbocycles. The van der Waals surface area contributed by atoms with E-state index in [9.17, 15) is 0 Å². The lowest BCUT2D eigenvalue weighted by Gasteiger charge is -2.22. The molecule has 0 radical (unpaired) electrons. The van der Waals surface area contributed by atoms with Crippen LogP contribution in [0.3, 0.4) is 0 Å². The van der Waals surface area contributed by atoms with Gasteiger partial charge in [0.15, 0.2) is 0 Å². The van der Waals surface area contributed by atoms with Crippen molar-refractivity contribution < 1.29 is 0 Å². The number of aromatic nitrogens is 2. The largest absolute Gasteiger partial charge is 0.341 e. The van der Waals surface area contributed by atoms with Crippen LogP contribution in [-0.2, 0) is 5.41 Å². The highest BCUT2D eigenvalue weighted by atomic mass is 35.5. The summed E-state index contributed by atoms with van der Waals surface area (Å²) in [6.45, 7) is 4.28. The first-order valence-corrected chi connectivity index (χ1v) is 7.15. The van der Waals surface area contributed by atoms with Gasteiger partial charge in [-0.25, -0.2) is 4.98 Å². The van der Waals surface area contributed by atoms with Crippen LogP contribution in [0.1, 0.15) is 25.2 Å². The second-order valence-corrected chi connectivity index (χ2v) is 6.17. The number of halogens is 2. The van der Waals surface area contributed by atoms with Crippen molar-refractivity contribution in [1.82, 2.24) is 9.97 Å². The molecule has 3 aromatic rings. The second kappa shape index (κ2) is 4.80. The van der Waals surface area contributed by atoms with Gasteiger partial charge in [-0.2, -0.15) is 0 Å². The van der Waals surface area contributed by atoms with Gasteiger partial charge < -0.3 is 4.98 Å². The summed E-state index contributed by atoms with van der Waals surface area (Å²) in [5.74, 6) is 0.900. The molecule has 1 N–H and O–H groups in total. The fraction of sp³-hybridized carbons (Fsp3) is 0.188. The summed E-state index contributed by atoms with van der Waals surface area (Å²) in [6.07, 6.45) is 0. The third kappa shape index (κ3) is 2.19. The minimum Gasteiger partial charge on any atom is -0.341 e. The minimum atomic E-state index is -0.209. The molecular formula is C16H14Cl2N2. The van der Waals surface area contributed by atoms with Gasteiger partial charge in [-0.3, -0.25) is 0 Å². The zero-order chi connectivity index (χ0) is 14.3. The van der Waals surface area contributed by atoms with Crippen LogP contribution < -0.4 is 0 Å². The van der Waals surface area contributed by atoms with Crippen molar-refractivity contribution >= 4 is 34.2 Å².